The smallest absolute Gasteiger partial charge is 0.220 e. The molecular formula is C11H21NO. The van der Waals surface area contributed by atoms with Crippen molar-refractivity contribution in [3.8, 4) is 0 Å². The minimum atomic E-state index is 0.237. The maximum atomic E-state index is 11.1. The average Bonchev–Trinajstić information content (AvgIpc) is 2.52. The highest BCUT2D eigenvalue weighted by Gasteiger charge is 2.36. The number of hydrogen-bond donors (Lipinski definition) is 1. The fraction of sp³-hybridized carbons (Fsp3) is 0.909. The summed E-state index contributed by atoms with van der Waals surface area (Å²) < 4.78 is 0. The molecule has 1 fully saturated rings. The van der Waals surface area contributed by atoms with Crippen molar-refractivity contribution in [2.24, 2.45) is 5.41 Å². The summed E-state index contributed by atoms with van der Waals surface area (Å²) in [5.41, 5.74) is 0.320. The summed E-state index contributed by atoms with van der Waals surface area (Å²) in [6.45, 7) is 6.73. The van der Waals surface area contributed by atoms with Crippen LogP contribution in [-0.4, -0.2) is 11.9 Å². The molecule has 1 N–H and O–H groups in total. The predicted molar refractivity (Wildman–Crippen MR) is 54.5 cm³/mol. The molecule has 0 aromatic carbocycles. The van der Waals surface area contributed by atoms with Gasteiger partial charge in [0.1, 0.15) is 0 Å². The summed E-state index contributed by atoms with van der Waals surface area (Å²) in [5.74, 6) is 0.237. The lowest BCUT2D eigenvalue weighted by atomic mass is 9.75. The van der Waals surface area contributed by atoms with Crippen molar-refractivity contribution in [3.63, 3.8) is 0 Å². The highest BCUT2D eigenvalue weighted by atomic mass is 16.1. The van der Waals surface area contributed by atoms with Crippen LogP contribution in [0.3, 0.4) is 0 Å². The standard InChI is InChI=1S/C11H21NO/c1-4-8-11(3,5-2)9-6-7-10(13)12-9/h9H,4-8H2,1-3H3,(H,12,13). The minimum absolute atomic E-state index is 0.237. The van der Waals surface area contributed by atoms with Gasteiger partial charge in [0, 0.05) is 12.5 Å². The molecule has 1 saturated heterocycles. The van der Waals surface area contributed by atoms with Crippen LogP contribution in [-0.2, 0) is 4.79 Å². The second kappa shape index (κ2) is 4.12. The van der Waals surface area contributed by atoms with Gasteiger partial charge in [0.2, 0.25) is 5.91 Å². The van der Waals surface area contributed by atoms with Gasteiger partial charge in [-0.3, -0.25) is 4.79 Å². The largest absolute Gasteiger partial charge is 0.353 e. The fourth-order valence-corrected chi connectivity index (χ4v) is 2.31. The highest BCUT2D eigenvalue weighted by molar-refractivity contribution is 5.78. The number of carbonyl (C=O) groups is 1. The van der Waals surface area contributed by atoms with E-state index in [9.17, 15) is 4.79 Å². The van der Waals surface area contributed by atoms with Gasteiger partial charge in [-0.25, -0.2) is 0 Å². The molecule has 0 bridgehead atoms. The highest BCUT2D eigenvalue weighted by Crippen LogP contribution is 2.35. The van der Waals surface area contributed by atoms with Crippen LogP contribution < -0.4 is 5.32 Å². The van der Waals surface area contributed by atoms with Gasteiger partial charge in [-0.05, 0) is 24.7 Å². The third kappa shape index (κ3) is 2.23. The van der Waals surface area contributed by atoms with Crippen LogP contribution in [0.5, 0.6) is 0 Å². The van der Waals surface area contributed by atoms with E-state index in [1.54, 1.807) is 0 Å². The molecular weight excluding hydrogens is 162 g/mol. The Morgan fingerprint density at radius 1 is 1.54 bits per heavy atom. The first-order valence-electron chi connectivity index (χ1n) is 5.41. The van der Waals surface area contributed by atoms with E-state index in [4.69, 9.17) is 0 Å². The molecule has 2 nitrogen and oxygen atoms in total. The Morgan fingerprint density at radius 2 is 2.23 bits per heavy atom. The maximum Gasteiger partial charge on any atom is 0.220 e. The molecule has 1 rings (SSSR count). The molecule has 1 aliphatic heterocycles. The number of rotatable bonds is 4. The van der Waals surface area contributed by atoms with E-state index in [1.165, 1.54) is 12.8 Å². The molecule has 2 unspecified atom stereocenters. The first-order chi connectivity index (χ1) is 6.12. The third-order valence-electron chi connectivity index (χ3n) is 3.47. The number of amides is 1. The van der Waals surface area contributed by atoms with E-state index in [0.717, 1.165) is 19.3 Å². The normalized spacial score (nSPS) is 27.0. The SMILES string of the molecule is CCCC(C)(CC)C1CCC(=O)N1. The van der Waals surface area contributed by atoms with E-state index in [0.29, 0.717) is 11.5 Å². The molecule has 2 atom stereocenters. The zero-order chi connectivity index (χ0) is 9.90. The van der Waals surface area contributed by atoms with Crippen molar-refractivity contribution in [1.29, 1.82) is 0 Å². The molecule has 1 amide bonds. The van der Waals surface area contributed by atoms with Crippen LogP contribution >= 0.6 is 0 Å². The van der Waals surface area contributed by atoms with Crippen LogP contribution in [0.4, 0.5) is 0 Å². The van der Waals surface area contributed by atoms with Gasteiger partial charge in [0.15, 0.2) is 0 Å². The second-order valence-corrected chi connectivity index (χ2v) is 4.42. The van der Waals surface area contributed by atoms with Crippen molar-refractivity contribution >= 4 is 5.91 Å². The maximum absolute atomic E-state index is 11.1. The Morgan fingerprint density at radius 3 is 2.62 bits per heavy atom. The Hall–Kier alpha value is -0.530. The molecule has 0 aromatic rings. The molecule has 0 radical (unpaired) electrons. The van der Waals surface area contributed by atoms with Crippen LogP contribution in [0.15, 0.2) is 0 Å². The molecule has 0 spiro atoms. The molecule has 2 heteroatoms. The van der Waals surface area contributed by atoms with Crippen molar-refractivity contribution in [2.45, 2.75) is 58.9 Å². The first-order valence-corrected chi connectivity index (χ1v) is 5.41. The molecule has 1 aliphatic rings. The summed E-state index contributed by atoms with van der Waals surface area (Å²) in [4.78, 5) is 11.1. The first kappa shape index (κ1) is 10.6. The van der Waals surface area contributed by atoms with Gasteiger partial charge in [0.05, 0.1) is 0 Å². The average molecular weight is 183 g/mol. The summed E-state index contributed by atoms with van der Waals surface area (Å²) in [6.07, 6.45) is 5.34. The van der Waals surface area contributed by atoms with Crippen molar-refractivity contribution in [1.82, 2.24) is 5.32 Å². The van der Waals surface area contributed by atoms with Gasteiger partial charge < -0.3 is 5.32 Å². The number of carbonyl (C=O) groups excluding carboxylic acids is 1. The number of nitrogens with one attached hydrogen (secondary N) is 1. The summed E-state index contributed by atoms with van der Waals surface area (Å²) in [5, 5.41) is 3.09. The Labute approximate surface area is 81.1 Å². The van der Waals surface area contributed by atoms with Gasteiger partial charge in [-0.2, -0.15) is 0 Å². The molecule has 0 saturated carbocycles. The Balaban J connectivity index is 2.59. The van der Waals surface area contributed by atoms with Gasteiger partial charge in [-0.1, -0.05) is 27.2 Å². The van der Waals surface area contributed by atoms with Crippen LogP contribution in [0, 0.1) is 5.41 Å². The summed E-state index contributed by atoms with van der Waals surface area (Å²) >= 11 is 0. The second-order valence-electron chi connectivity index (χ2n) is 4.42. The predicted octanol–water partition coefficient (Wildman–Crippen LogP) is 2.48. The van der Waals surface area contributed by atoms with Crippen LogP contribution in [0.2, 0.25) is 0 Å². The molecule has 1 heterocycles. The fourth-order valence-electron chi connectivity index (χ4n) is 2.31. The summed E-state index contributed by atoms with van der Waals surface area (Å²) in [6, 6.07) is 0.421. The molecule has 13 heavy (non-hydrogen) atoms. The Kier molecular flexibility index (Phi) is 3.34. The van der Waals surface area contributed by atoms with Crippen molar-refractivity contribution in [2.75, 3.05) is 0 Å². The lowest BCUT2D eigenvalue weighted by Crippen LogP contribution is -2.40. The van der Waals surface area contributed by atoms with Gasteiger partial charge in [-0.15, -0.1) is 0 Å². The molecule has 0 aromatic heterocycles. The van der Waals surface area contributed by atoms with Gasteiger partial charge >= 0.3 is 0 Å². The Bertz CT molecular complexity index is 191. The third-order valence-corrected chi connectivity index (χ3v) is 3.47. The topological polar surface area (TPSA) is 29.1 Å². The van der Waals surface area contributed by atoms with Crippen LogP contribution in [0.1, 0.15) is 52.9 Å². The minimum Gasteiger partial charge on any atom is -0.353 e. The van der Waals surface area contributed by atoms with E-state index in [-0.39, 0.29) is 5.91 Å². The van der Waals surface area contributed by atoms with Crippen LogP contribution in [0.25, 0.3) is 0 Å². The number of hydrogen-bond acceptors (Lipinski definition) is 1. The van der Waals surface area contributed by atoms with E-state index in [2.05, 4.69) is 26.1 Å². The monoisotopic (exact) mass is 183 g/mol. The van der Waals surface area contributed by atoms with Crippen molar-refractivity contribution in [3.05, 3.63) is 0 Å². The lowest BCUT2D eigenvalue weighted by Gasteiger charge is -2.34. The van der Waals surface area contributed by atoms with E-state index >= 15 is 0 Å². The zero-order valence-corrected chi connectivity index (χ0v) is 9.02. The van der Waals surface area contributed by atoms with Gasteiger partial charge in [0.25, 0.3) is 0 Å². The molecule has 0 aliphatic carbocycles. The zero-order valence-electron chi connectivity index (χ0n) is 9.02. The molecule has 76 valence electrons. The van der Waals surface area contributed by atoms with E-state index in [1.807, 2.05) is 0 Å². The van der Waals surface area contributed by atoms with E-state index < -0.39 is 0 Å². The quantitative estimate of drug-likeness (QED) is 0.712. The lowest BCUT2D eigenvalue weighted by molar-refractivity contribution is -0.119. The van der Waals surface area contributed by atoms with Crippen molar-refractivity contribution < 1.29 is 4.79 Å². The summed E-state index contributed by atoms with van der Waals surface area (Å²) in [7, 11) is 0.